The summed E-state index contributed by atoms with van der Waals surface area (Å²) in [5.41, 5.74) is 3.53. The maximum Gasteiger partial charge on any atom is 0.339 e. The molecule has 0 aliphatic heterocycles. The minimum atomic E-state index is -4.16. The van der Waals surface area contributed by atoms with Crippen molar-refractivity contribution in [2.45, 2.75) is 25.7 Å². The molecule has 0 aromatic heterocycles. The maximum absolute atomic E-state index is 13.0. The highest BCUT2D eigenvalue weighted by Crippen LogP contribution is 2.32. The second-order valence-electron chi connectivity index (χ2n) is 8.42. The molecule has 1 N–H and O–H groups in total. The zero-order valence-electron chi connectivity index (χ0n) is 20.1. The summed E-state index contributed by atoms with van der Waals surface area (Å²) < 4.78 is 31.6. The van der Waals surface area contributed by atoms with Gasteiger partial charge < -0.3 is 9.50 Å². The number of fused-ring (bicyclic) bond motifs is 1. The third kappa shape index (κ3) is 5.14. The molecular formula is C29H24N2O4S. The number of anilines is 1. The van der Waals surface area contributed by atoms with Crippen molar-refractivity contribution < 1.29 is 17.4 Å². The van der Waals surface area contributed by atoms with Gasteiger partial charge in [-0.05, 0) is 73.0 Å². The smallest absolute Gasteiger partial charge is 0.339 e. The lowest BCUT2D eigenvalue weighted by Gasteiger charge is -2.13. The van der Waals surface area contributed by atoms with Gasteiger partial charge in [-0.2, -0.15) is 13.7 Å². The van der Waals surface area contributed by atoms with Crippen molar-refractivity contribution >= 4 is 38.6 Å². The number of nitriles is 1. The van der Waals surface area contributed by atoms with Crippen LogP contribution in [-0.2, 0) is 14.9 Å². The van der Waals surface area contributed by atoms with E-state index in [1.54, 1.807) is 36.4 Å². The summed E-state index contributed by atoms with van der Waals surface area (Å²) in [6.07, 6.45) is 1.36. The highest BCUT2D eigenvalue weighted by Gasteiger charge is 2.21. The van der Waals surface area contributed by atoms with Crippen molar-refractivity contribution in [3.8, 4) is 11.8 Å². The number of benzene rings is 4. The average Bonchev–Trinajstić information content (AvgIpc) is 2.86. The first-order chi connectivity index (χ1) is 17.2. The van der Waals surface area contributed by atoms with Gasteiger partial charge in [0.15, 0.2) is 5.75 Å². The molecule has 0 radical (unpaired) electrons. The zero-order valence-corrected chi connectivity index (χ0v) is 20.9. The highest BCUT2D eigenvalue weighted by molar-refractivity contribution is 7.87. The summed E-state index contributed by atoms with van der Waals surface area (Å²) in [4.78, 5) is 13.0. The molecule has 0 unspecified atom stereocenters. The van der Waals surface area contributed by atoms with E-state index in [0.717, 1.165) is 22.1 Å². The van der Waals surface area contributed by atoms with E-state index in [-0.39, 0.29) is 16.2 Å². The molecule has 6 nitrogen and oxygen atoms in total. The van der Waals surface area contributed by atoms with Crippen LogP contribution in [0.15, 0.2) is 89.3 Å². The van der Waals surface area contributed by atoms with E-state index >= 15 is 0 Å². The van der Waals surface area contributed by atoms with E-state index in [1.807, 2.05) is 51.1 Å². The lowest BCUT2D eigenvalue weighted by Crippen LogP contribution is -2.15. The molecule has 0 saturated carbocycles. The summed E-state index contributed by atoms with van der Waals surface area (Å²) in [5, 5.41) is 14.0. The van der Waals surface area contributed by atoms with Crippen LogP contribution in [0.2, 0.25) is 0 Å². The number of rotatable bonds is 6. The number of hydrogen-bond donors (Lipinski definition) is 1. The third-order valence-electron chi connectivity index (χ3n) is 5.95. The number of aryl methyl sites for hydroxylation is 2. The fourth-order valence-electron chi connectivity index (χ4n) is 3.74. The largest absolute Gasteiger partial charge is 0.378 e. The molecule has 0 saturated heterocycles. The molecule has 4 aromatic rings. The van der Waals surface area contributed by atoms with Crippen molar-refractivity contribution in [3.63, 3.8) is 0 Å². The number of nitrogens with zero attached hydrogens (tertiary/aromatic N) is 1. The second kappa shape index (κ2) is 10.1. The van der Waals surface area contributed by atoms with Gasteiger partial charge in [0.05, 0.1) is 0 Å². The Balaban J connectivity index is 1.79. The van der Waals surface area contributed by atoms with Gasteiger partial charge in [0.25, 0.3) is 5.91 Å². The first kappa shape index (κ1) is 24.7. The van der Waals surface area contributed by atoms with E-state index in [4.69, 9.17) is 4.18 Å². The number of nitrogens with one attached hydrogen (secondary N) is 1. The van der Waals surface area contributed by atoms with Crippen molar-refractivity contribution in [3.05, 3.63) is 107 Å². The van der Waals surface area contributed by atoms with E-state index in [0.29, 0.717) is 16.6 Å². The van der Waals surface area contributed by atoms with Crippen molar-refractivity contribution in [1.29, 1.82) is 5.26 Å². The summed E-state index contributed by atoms with van der Waals surface area (Å²) >= 11 is 0. The first-order valence-corrected chi connectivity index (χ1v) is 12.6. The normalized spacial score (nSPS) is 11.7. The van der Waals surface area contributed by atoms with Gasteiger partial charge in [-0.3, -0.25) is 4.79 Å². The summed E-state index contributed by atoms with van der Waals surface area (Å²) in [6.45, 7) is 5.67. The van der Waals surface area contributed by atoms with Crippen LogP contribution in [0.25, 0.3) is 16.8 Å². The van der Waals surface area contributed by atoms with Gasteiger partial charge in [0.2, 0.25) is 0 Å². The van der Waals surface area contributed by atoms with E-state index in [9.17, 15) is 18.5 Å². The number of amides is 1. The van der Waals surface area contributed by atoms with Gasteiger partial charge in [-0.25, -0.2) is 0 Å². The summed E-state index contributed by atoms with van der Waals surface area (Å²) in [7, 11) is -4.16. The standard InChI is InChI=1S/C29H24N2O4S/c1-19-11-14-24(15-12-19)36(33,34)35-28-16-13-22-8-4-5-9-25(22)26(28)17-23(18-30)29(32)31-27-10-6-7-20(2)21(27)3/h4-17H,1-3H3,(H,31,32)/b23-17+. The van der Waals surface area contributed by atoms with Crippen LogP contribution in [0.5, 0.6) is 5.75 Å². The predicted molar refractivity (Wildman–Crippen MR) is 141 cm³/mol. The van der Waals surface area contributed by atoms with E-state index in [2.05, 4.69) is 5.32 Å². The molecule has 4 rings (SSSR count). The minimum Gasteiger partial charge on any atom is -0.378 e. The van der Waals surface area contributed by atoms with Crippen LogP contribution < -0.4 is 9.50 Å². The van der Waals surface area contributed by atoms with Crippen molar-refractivity contribution in [2.24, 2.45) is 0 Å². The minimum absolute atomic E-state index is 0.00404. The quantitative estimate of drug-likeness (QED) is 0.198. The Bertz CT molecular complexity index is 1650. The average molecular weight is 497 g/mol. The van der Waals surface area contributed by atoms with Gasteiger partial charge >= 0.3 is 10.1 Å². The molecule has 0 atom stereocenters. The molecule has 180 valence electrons. The molecule has 4 aromatic carbocycles. The molecule has 0 aliphatic carbocycles. The molecule has 7 heteroatoms. The van der Waals surface area contributed by atoms with Crippen LogP contribution in [0.4, 0.5) is 5.69 Å². The summed E-state index contributed by atoms with van der Waals surface area (Å²) in [6, 6.07) is 24.3. The van der Waals surface area contributed by atoms with Crippen LogP contribution >= 0.6 is 0 Å². The van der Waals surface area contributed by atoms with Crippen LogP contribution in [0.3, 0.4) is 0 Å². The second-order valence-corrected chi connectivity index (χ2v) is 9.97. The fraction of sp³-hybridized carbons (Fsp3) is 0.103. The SMILES string of the molecule is Cc1ccc(S(=O)(=O)Oc2ccc3ccccc3c2/C=C(\C#N)C(=O)Nc2cccc(C)c2C)cc1. The Morgan fingerprint density at radius 2 is 1.64 bits per heavy atom. The number of hydrogen-bond acceptors (Lipinski definition) is 5. The Morgan fingerprint density at radius 1 is 0.917 bits per heavy atom. The molecule has 0 heterocycles. The highest BCUT2D eigenvalue weighted by atomic mass is 32.2. The van der Waals surface area contributed by atoms with Crippen molar-refractivity contribution in [1.82, 2.24) is 0 Å². The van der Waals surface area contributed by atoms with E-state index in [1.165, 1.54) is 24.3 Å². The molecule has 0 fully saturated rings. The monoisotopic (exact) mass is 496 g/mol. The van der Waals surface area contributed by atoms with Crippen molar-refractivity contribution in [2.75, 3.05) is 5.32 Å². The van der Waals surface area contributed by atoms with Gasteiger partial charge in [0.1, 0.15) is 16.5 Å². The molecule has 1 amide bonds. The zero-order chi connectivity index (χ0) is 25.9. The van der Waals surface area contributed by atoms with Gasteiger partial charge in [0, 0.05) is 11.3 Å². The topological polar surface area (TPSA) is 96.3 Å². The molecule has 0 spiro atoms. The van der Waals surface area contributed by atoms with Crippen LogP contribution in [0, 0.1) is 32.1 Å². The van der Waals surface area contributed by atoms with Crippen LogP contribution in [0.1, 0.15) is 22.3 Å². The fourth-order valence-corrected chi connectivity index (χ4v) is 4.68. The Kier molecular flexibility index (Phi) is 6.91. The summed E-state index contributed by atoms with van der Waals surface area (Å²) in [5.74, 6) is -0.590. The van der Waals surface area contributed by atoms with E-state index < -0.39 is 16.0 Å². The number of carbonyl (C=O) groups is 1. The number of carbonyl (C=O) groups excluding carboxylic acids is 1. The lowest BCUT2D eigenvalue weighted by atomic mass is 10.0. The molecule has 36 heavy (non-hydrogen) atoms. The lowest BCUT2D eigenvalue weighted by molar-refractivity contribution is -0.112. The Morgan fingerprint density at radius 3 is 2.36 bits per heavy atom. The Labute approximate surface area is 210 Å². The predicted octanol–water partition coefficient (Wildman–Crippen LogP) is 6.08. The molecule has 0 bridgehead atoms. The van der Waals surface area contributed by atoms with Gasteiger partial charge in [-0.15, -0.1) is 0 Å². The third-order valence-corrected chi connectivity index (χ3v) is 7.19. The first-order valence-electron chi connectivity index (χ1n) is 11.2. The van der Waals surface area contributed by atoms with Gasteiger partial charge in [-0.1, -0.05) is 60.2 Å². The Hall–Kier alpha value is -4.41. The molecule has 0 aliphatic rings. The van der Waals surface area contributed by atoms with Crippen LogP contribution in [-0.4, -0.2) is 14.3 Å². The maximum atomic E-state index is 13.0. The molecular weight excluding hydrogens is 472 g/mol.